The van der Waals surface area contributed by atoms with Crippen LogP contribution in [0.4, 0.5) is 0 Å². The Morgan fingerprint density at radius 2 is 1.46 bits per heavy atom. The summed E-state index contributed by atoms with van der Waals surface area (Å²) in [5.74, 6) is 2.01. The Bertz CT molecular complexity index is 1550. The van der Waals surface area contributed by atoms with Gasteiger partial charge in [-0.25, -0.2) is 0 Å². The van der Waals surface area contributed by atoms with Crippen molar-refractivity contribution in [2.24, 2.45) is 17.8 Å². The fraction of sp³-hybridized carbons (Fsp3) is 0.487. The van der Waals surface area contributed by atoms with Crippen molar-refractivity contribution in [3.63, 3.8) is 0 Å². The van der Waals surface area contributed by atoms with Crippen molar-refractivity contribution in [2.75, 3.05) is 0 Å². The quantitative estimate of drug-likeness (QED) is 0.287. The van der Waals surface area contributed by atoms with Crippen molar-refractivity contribution < 1.29 is 0 Å². The summed E-state index contributed by atoms with van der Waals surface area (Å²) in [6.07, 6.45) is 6.81. The van der Waals surface area contributed by atoms with Crippen LogP contribution in [0, 0.1) is 17.8 Å². The van der Waals surface area contributed by atoms with E-state index < -0.39 is 8.24 Å². The number of benzene rings is 3. The van der Waals surface area contributed by atoms with Gasteiger partial charge in [-0.1, -0.05) is 101 Å². The predicted molar refractivity (Wildman–Crippen MR) is 182 cm³/mol. The Balaban J connectivity index is 1.43. The minimum absolute atomic E-state index is 0.00253. The summed E-state index contributed by atoms with van der Waals surface area (Å²) in [5.41, 5.74) is 9.75. The van der Waals surface area contributed by atoms with E-state index in [0.29, 0.717) is 11.8 Å². The molecular weight excluding hydrogens is 511 g/mol. The molecule has 0 spiro atoms. The molecule has 0 bridgehead atoms. The van der Waals surface area contributed by atoms with Gasteiger partial charge in [-0.2, -0.15) is 0 Å². The predicted octanol–water partition coefficient (Wildman–Crippen LogP) is 10.9. The summed E-state index contributed by atoms with van der Waals surface area (Å²) in [4.78, 5) is 0. The maximum absolute atomic E-state index is 2.96. The topological polar surface area (TPSA) is 3.24 Å². The molecule has 4 atom stereocenters. The minimum Gasteiger partial charge on any atom is -0.314 e. The van der Waals surface area contributed by atoms with Gasteiger partial charge in [0.1, 0.15) is 8.24 Å². The lowest BCUT2D eigenvalue weighted by Gasteiger charge is -2.57. The van der Waals surface area contributed by atoms with Gasteiger partial charge >= 0.3 is 0 Å². The number of fused-ring (bicyclic) bond motifs is 5. The van der Waals surface area contributed by atoms with Crippen LogP contribution in [0.25, 0.3) is 27.5 Å². The summed E-state index contributed by atoms with van der Waals surface area (Å²) in [6.45, 7) is 27.5. The number of nitrogens with zero attached hydrogens (tertiary/aromatic N) is 1. The average molecular weight is 562 g/mol. The zero-order valence-corrected chi connectivity index (χ0v) is 28.4. The van der Waals surface area contributed by atoms with E-state index in [9.17, 15) is 0 Å². The zero-order chi connectivity index (χ0) is 29.7. The van der Waals surface area contributed by atoms with Crippen LogP contribution in [0.5, 0.6) is 0 Å². The summed E-state index contributed by atoms with van der Waals surface area (Å²) in [5, 5.41) is 2.64. The monoisotopic (exact) mass is 561 g/mol. The van der Waals surface area contributed by atoms with Gasteiger partial charge < -0.3 is 4.57 Å². The van der Waals surface area contributed by atoms with Gasteiger partial charge in [-0.05, 0) is 121 Å². The average Bonchev–Trinajstić information content (AvgIpc) is 3.30. The normalized spacial score (nSPS) is 25.6. The molecule has 0 radical (unpaired) electrons. The molecule has 3 aromatic rings. The van der Waals surface area contributed by atoms with Gasteiger partial charge in [0, 0.05) is 16.5 Å². The first-order valence-electron chi connectivity index (χ1n) is 15.9. The van der Waals surface area contributed by atoms with Crippen LogP contribution in [0.1, 0.15) is 79.9 Å². The highest BCUT2D eigenvalue weighted by atomic mass is 28.3. The van der Waals surface area contributed by atoms with E-state index in [0.717, 1.165) is 11.5 Å². The van der Waals surface area contributed by atoms with Gasteiger partial charge in [0.2, 0.25) is 0 Å². The molecule has 6 rings (SSSR count). The van der Waals surface area contributed by atoms with Crippen LogP contribution in [-0.2, 0) is 5.41 Å². The van der Waals surface area contributed by atoms with Crippen molar-refractivity contribution in [3.05, 3.63) is 89.5 Å². The second-order valence-electron chi connectivity index (χ2n) is 16.4. The second kappa shape index (κ2) is 9.29. The van der Waals surface area contributed by atoms with Crippen molar-refractivity contribution in [2.45, 2.75) is 104 Å². The van der Waals surface area contributed by atoms with E-state index in [1.165, 1.54) is 45.0 Å². The maximum atomic E-state index is 2.96. The summed E-state index contributed by atoms with van der Waals surface area (Å²) >= 11 is 0. The number of rotatable bonds is 3. The van der Waals surface area contributed by atoms with E-state index in [1.807, 2.05) is 0 Å². The maximum Gasteiger partial charge on any atom is 0.127 e. The highest BCUT2D eigenvalue weighted by Crippen LogP contribution is 2.61. The van der Waals surface area contributed by atoms with Gasteiger partial charge in [0.05, 0.1) is 0 Å². The third-order valence-electron chi connectivity index (χ3n) is 10.7. The highest BCUT2D eigenvalue weighted by Gasteiger charge is 2.56. The molecule has 2 heteroatoms. The van der Waals surface area contributed by atoms with Crippen LogP contribution in [0.15, 0.2) is 78.4 Å². The second-order valence-corrected chi connectivity index (χ2v) is 20.8. The molecule has 0 N–H and O–H groups in total. The fourth-order valence-corrected chi connectivity index (χ4v) is 16.9. The first-order valence-corrected chi connectivity index (χ1v) is 18.9. The van der Waals surface area contributed by atoms with Crippen LogP contribution in [0.2, 0.25) is 18.6 Å². The Morgan fingerprint density at radius 3 is 2.15 bits per heavy atom. The number of hydrogen-bond donors (Lipinski definition) is 0. The van der Waals surface area contributed by atoms with Crippen LogP contribution in [-0.4, -0.2) is 23.9 Å². The van der Waals surface area contributed by atoms with E-state index >= 15 is 0 Å². The molecule has 1 saturated carbocycles. The molecule has 0 aliphatic heterocycles. The lowest BCUT2D eigenvalue weighted by atomic mass is 9.76. The summed E-state index contributed by atoms with van der Waals surface area (Å²) in [7, 11) is -1.83. The smallest absolute Gasteiger partial charge is 0.127 e. The third-order valence-corrected chi connectivity index (χ3v) is 15.8. The standard InChI is InChI=1S/C39H51NSi/c1-25-21-28-22-33-31-20-19-27(30-18-14-16-26-15-12-13-17-29(26)30)23-34(31)39(8,9)35(33)24-32(28)36(25)41(10,11)40(37(2,3)4)38(5,6)7/h12-20,22-25,28,32,36H,21H2,1-11H3. The minimum atomic E-state index is -1.83. The van der Waals surface area contributed by atoms with Gasteiger partial charge in [-0.3, -0.25) is 0 Å². The molecule has 3 aromatic carbocycles. The van der Waals surface area contributed by atoms with Crippen molar-refractivity contribution in [1.82, 2.24) is 4.57 Å². The lowest BCUT2D eigenvalue weighted by molar-refractivity contribution is 0.121. The fourth-order valence-electron chi connectivity index (χ4n) is 10.3. The van der Waals surface area contributed by atoms with Crippen molar-refractivity contribution >= 4 is 24.6 Å². The Labute approximate surface area is 250 Å². The first kappa shape index (κ1) is 28.7. The molecule has 41 heavy (non-hydrogen) atoms. The molecular formula is C39H51NSi. The SMILES string of the molecule is CC1CC2C=C3C(=CC2C1[Si](C)(C)N(C(C)(C)C)C(C)(C)C)C(C)(C)c1cc(-c2cccc4ccccc24)ccc13. The largest absolute Gasteiger partial charge is 0.314 e. The van der Waals surface area contributed by atoms with Crippen LogP contribution >= 0.6 is 0 Å². The molecule has 0 aromatic heterocycles. The molecule has 4 unspecified atom stereocenters. The van der Waals surface area contributed by atoms with Crippen molar-refractivity contribution in [3.8, 4) is 11.1 Å². The van der Waals surface area contributed by atoms with Gasteiger partial charge in [-0.15, -0.1) is 0 Å². The van der Waals surface area contributed by atoms with Crippen molar-refractivity contribution in [1.29, 1.82) is 0 Å². The molecule has 0 saturated heterocycles. The van der Waals surface area contributed by atoms with Crippen LogP contribution in [0.3, 0.4) is 0 Å². The molecule has 0 heterocycles. The molecule has 1 nitrogen and oxygen atoms in total. The van der Waals surface area contributed by atoms with Crippen LogP contribution < -0.4 is 0 Å². The van der Waals surface area contributed by atoms with Gasteiger partial charge in [0.15, 0.2) is 0 Å². The van der Waals surface area contributed by atoms with E-state index in [2.05, 4.69) is 153 Å². The highest BCUT2D eigenvalue weighted by molar-refractivity contribution is 6.76. The van der Waals surface area contributed by atoms with E-state index in [-0.39, 0.29) is 16.5 Å². The zero-order valence-electron chi connectivity index (χ0n) is 27.4. The summed E-state index contributed by atoms with van der Waals surface area (Å²) < 4.78 is 2.96. The first-order chi connectivity index (χ1) is 19.0. The lowest BCUT2D eigenvalue weighted by Crippen LogP contribution is -2.67. The van der Waals surface area contributed by atoms with E-state index in [1.54, 1.807) is 5.57 Å². The van der Waals surface area contributed by atoms with E-state index in [4.69, 9.17) is 0 Å². The molecule has 3 aliphatic carbocycles. The third kappa shape index (κ3) is 4.43. The number of allylic oxidation sites excluding steroid dienone is 4. The Kier molecular flexibility index (Phi) is 6.50. The Hall–Kier alpha value is -2.42. The molecule has 1 fully saturated rings. The molecule has 216 valence electrons. The molecule has 0 amide bonds. The van der Waals surface area contributed by atoms with Gasteiger partial charge in [0.25, 0.3) is 0 Å². The Morgan fingerprint density at radius 1 is 0.805 bits per heavy atom. The summed E-state index contributed by atoms with van der Waals surface area (Å²) in [6, 6.07) is 22.8. The molecule has 3 aliphatic rings. The number of hydrogen-bond acceptors (Lipinski definition) is 1.